The van der Waals surface area contributed by atoms with E-state index in [0.717, 1.165) is 19.9 Å². The summed E-state index contributed by atoms with van der Waals surface area (Å²) in [6.45, 7) is 31.5. The van der Waals surface area contributed by atoms with Gasteiger partial charge in [-0.3, -0.25) is 51.5 Å². The maximum atomic E-state index is 15.3. The molecule has 3 aromatic rings. The van der Waals surface area contributed by atoms with Gasteiger partial charge in [-0.25, -0.2) is 68.4 Å². The zero-order valence-electron chi connectivity index (χ0n) is 78.2. The minimum atomic E-state index is -4.74. The fourth-order valence-corrected chi connectivity index (χ4v) is 12.9. The highest BCUT2D eigenvalue weighted by Crippen LogP contribution is 2.54. The summed E-state index contributed by atoms with van der Waals surface area (Å²) < 4.78 is 185. The Morgan fingerprint density at radius 3 is 1.02 bits per heavy atom. The van der Waals surface area contributed by atoms with E-state index in [2.05, 4.69) is 64.5 Å². The van der Waals surface area contributed by atoms with Crippen molar-refractivity contribution in [3.8, 4) is 0 Å². The average molecular weight is 2030 g/mol. The summed E-state index contributed by atoms with van der Waals surface area (Å²) in [5.74, 6) is -5.25. The molecule has 8 N–H and O–H groups in total. The molecule has 766 valence electrons. The lowest BCUT2D eigenvalue weighted by molar-refractivity contribution is -0.166. The van der Waals surface area contributed by atoms with Crippen LogP contribution in [0.4, 0.5) is 30.6 Å². The number of aliphatic hydroxyl groups excluding tert-OH is 4. The lowest BCUT2D eigenvalue weighted by atomic mass is 9.98. The minimum Gasteiger partial charge on any atom is -0.437 e. The maximum absolute atomic E-state index is 15.3. The zero-order chi connectivity index (χ0) is 101. The number of halogens is 6. The zero-order valence-corrected chi connectivity index (χ0v) is 81.2. The Hall–Kier alpha value is -6.47. The number of carbonyl (C=O) groups excluding carboxylic acids is 6. The van der Waals surface area contributed by atoms with Crippen LogP contribution in [0.5, 0.6) is 0 Å². The summed E-state index contributed by atoms with van der Waals surface area (Å²) in [5.41, 5.74) is -8.19. The molecule has 0 spiro atoms. The molecule has 0 saturated carbocycles. The first kappa shape index (κ1) is 124. The predicted molar refractivity (Wildman–Crippen MR) is 478 cm³/mol. The van der Waals surface area contributed by atoms with Crippen LogP contribution in [0.2, 0.25) is 0 Å². The largest absolute Gasteiger partial charge is 0.480 e. The van der Waals surface area contributed by atoms with Crippen molar-refractivity contribution in [3.05, 3.63) is 68.2 Å². The Balaban J connectivity index is 0. The third kappa shape index (κ3) is 38.8. The molecule has 12 atom stereocenters. The molecular formula is C79H139Cl3F3N10O34P3. The smallest absolute Gasteiger partial charge is 0.437 e. The second-order valence-electron chi connectivity index (χ2n) is 34.7. The van der Waals surface area contributed by atoms with Crippen molar-refractivity contribution >= 4 is 112 Å². The Bertz CT molecular complexity index is 4390. The van der Waals surface area contributed by atoms with Crippen molar-refractivity contribution in [2.75, 3.05) is 134 Å². The van der Waals surface area contributed by atoms with Crippen LogP contribution in [0.15, 0.2) is 51.2 Å². The number of aromatic nitrogens is 6. The Morgan fingerprint density at radius 2 is 0.773 bits per heavy atom. The number of phosphoric acid groups is 3. The maximum Gasteiger partial charge on any atom is 0.480 e. The number of esters is 6. The number of ether oxygens (including phenoxy) is 9. The van der Waals surface area contributed by atoms with Gasteiger partial charge in [-0.2, -0.15) is 15.0 Å². The van der Waals surface area contributed by atoms with Crippen LogP contribution in [0.25, 0.3) is 0 Å². The van der Waals surface area contributed by atoms with Crippen LogP contribution in [-0.4, -0.2) is 267 Å². The third-order valence-electron chi connectivity index (χ3n) is 17.7. The molecule has 0 aliphatic carbocycles. The number of carbonyl (C=O) groups is 6. The normalized spacial score (nSPS) is 22.3. The van der Waals surface area contributed by atoms with E-state index in [9.17, 15) is 86.6 Å². The second-order valence-corrected chi connectivity index (χ2v) is 40.3. The van der Waals surface area contributed by atoms with E-state index in [1.165, 1.54) is 55.1 Å². The van der Waals surface area contributed by atoms with E-state index in [-0.39, 0.29) is 66.1 Å². The first-order valence-electron chi connectivity index (χ1n) is 41.0. The molecular weight excluding hydrogens is 1890 g/mol. The molecule has 0 bridgehead atoms. The van der Waals surface area contributed by atoms with E-state index >= 15 is 8.78 Å². The molecule has 0 radical (unpaired) electrons. The van der Waals surface area contributed by atoms with Gasteiger partial charge in [0.1, 0.15) is 52.6 Å². The van der Waals surface area contributed by atoms with Crippen LogP contribution in [0.1, 0.15) is 196 Å². The topological polar surface area (TPSA) is 561 Å². The summed E-state index contributed by atoms with van der Waals surface area (Å²) in [4.78, 5) is 132. The van der Waals surface area contributed by atoms with Crippen LogP contribution < -0.4 is 33.0 Å². The molecule has 0 aromatic carbocycles. The number of alkyl halides is 6. The number of aliphatic hydroxyl groups is 4. The van der Waals surface area contributed by atoms with E-state index in [1.54, 1.807) is 132 Å². The molecule has 0 unspecified atom stereocenters. The molecule has 3 fully saturated rings. The Kier molecular flexibility index (Phi) is 51.1. The Labute approximate surface area is 786 Å². The van der Waals surface area contributed by atoms with Crippen LogP contribution in [-0.2, 0) is 121 Å². The van der Waals surface area contributed by atoms with Gasteiger partial charge in [-0.1, -0.05) is 43.1 Å². The number of hydrogen-bond donors (Lipinski definition) is 7. The molecule has 6 rings (SSSR count). The molecule has 44 nitrogen and oxygen atoms in total. The number of phosphoric ester groups is 3. The fourth-order valence-electron chi connectivity index (χ4n) is 9.66. The standard InChI is InChI=1S/C24H38ClFN3O11P.C22H34ClFN3O11P.C12H17ClFN3O4.C12H23O8P.C6H15N.3CH4/c1-8-27-15-9-10-29(21(33)28-15)18-16(26)17(30)24(11-25,40-18)12-37-41(34,38-13-35-19(31)22(2,3)4)39-14-36-20(32)23(5,6)7;1-20(2,3)17(29)33-11-36-39(32,37-12-34-18(30)21(4,5)6)35-10-22(9-23)15(28)14(24)16(38-22)27-8-7-13(25)26-19(27)31;1-16(2)7-3-4-17(11(20)15-7)10-8(14)9(19)12(5-13,6-18)21-10;1-11(2,3)9(13)17-7-19-21(15,16)20-8-18-10(14)12(4,5)6;1-4-7(5-2)6-3;;;/h9-10,16-18,30H,8,11-14H2,1-7H3,(H,27,28,33);7-8,14-16,28H,9-12H2,1-6H3,(H2,25,26,31);3-4,8-10,18-19H,5-6H2,1-2H3;7-8H2,1-6H3,(H,15,16);4-6H2,1-3H3;3*1H4/t16-,17+,18-,24-;14-,15+,16-,22-;8-,9+,10-,12-;;;;;/m111...../s1/i1T;;1T;;;;;. The lowest BCUT2D eigenvalue weighted by Gasteiger charge is -2.30. The summed E-state index contributed by atoms with van der Waals surface area (Å²) >= 11 is 17.7. The lowest BCUT2D eigenvalue weighted by Crippen LogP contribution is -2.47. The van der Waals surface area contributed by atoms with Crippen molar-refractivity contribution in [2.45, 2.75) is 247 Å². The highest BCUT2D eigenvalue weighted by Gasteiger charge is 2.60. The van der Waals surface area contributed by atoms with Crippen LogP contribution in [0, 0.1) is 32.5 Å². The van der Waals surface area contributed by atoms with Crippen molar-refractivity contribution in [3.63, 3.8) is 0 Å². The van der Waals surface area contributed by atoms with Crippen LogP contribution in [0.3, 0.4) is 0 Å². The summed E-state index contributed by atoms with van der Waals surface area (Å²) in [5, 5.41) is 43.3. The monoisotopic (exact) mass is 2030 g/mol. The SMILES string of the molecule is C.C.C.CC(C)(C)C(=O)OCOP(=O)(O)OCOC(=O)C(C)(C)C.CC(C)(C)C(=O)OCOP(=O)(OCOC(=O)C(C)(C)C)OC[C@@]1(CCl)O[C@@H](n2ccc(N)nc2=O)[C@H](F)[C@@H]1O.CCN(CC)CC.[3H]CCNc1ccn([C@@H]2O[C@](CCl)(COP(=O)(OCOC(=O)C(C)(C)C)OCOC(=O)C(C)(C)C)[C@@H](O)[C@H]2F)c(=O)n1.[3H]CN(C)c1ccn([C@@H]2O[C@@](CO)(CCl)[C@@H](O)[C@H]2F)c(=O)n1. The van der Waals surface area contributed by atoms with Crippen molar-refractivity contribution in [1.82, 2.24) is 33.6 Å². The quantitative estimate of drug-likeness (QED) is 0.00927. The third-order valence-corrected chi connectivity index (χ3v) is 22.5. The second kappa shape index (κ2) is 54.6. The predicted octanol–water partition coefficient (Wildman–Crippen LogP) is 10.4. The first-order valence-corrected chi connectivity index (χ1v) is 45.6. The van der Waals surface area contributed by atoms with Gasteiger partial charge in [-0.15, -0.1) is 34.8 Å². The van der Waals surface area contributed by atoms with Crippen molar-refractivity contribution < 1.29 is 163 Å². The van der Waals surface area contributed by atoms with Gasteiger partial charge in [0, 0.05) is 41.9 Å². The van der Waals surface area contributed by atoms with E-state index in [1.807, 2.05) is 0 Å². The van der Waals surface area contributed by atoms with E-state index in [0.29, 0.717) is 0 Å². The number of nitrogen functional groups attached to an aromatic ring is 1. The molecule has 3 aliphatic heterocycles. The van der Waals surface area contributed by atoms with Gasteiger partial charge >= 0.3 is 76.4 Å². The van der Waals surface area contributed by atoms with Gasteiger partial charge in [0.25, 0.3) is 0 Å². The molecule has 3 aromatic heterocycles. The molecule has 0 amide bonds. The van der Waals surface area contributed by atoms with Crippen molar-refractivity contribution in [1.29, 1.82) is 0 Å². The van der Waals surface area contributed by atoms with Gasteiger partial charge in [0.2, 0.25) is 40.8 Å². The molecule has 6 heterocycles. The van der Waals surface area contributed by atoms with Gasteiger partial charge < -0.3 is 88.8 Å². The van der Waals surface area contributed by atoms with Crippen LogP contribution >= 0.6 is 58.3 Å². The van der Waals surface area contributed by atoms with Gasteiger partial charge in [0.05, 0.1) is 70.0 Å². The highest BCUT2D eigenvalue weighted by atomic mass is 35.5. The molecule has 132 heavy (non-hydrogen) atoms. The number of nitrogens with one attached hydrogen (secondary N) is 1. The summed E-state index contributed by atoms with van der Waals surface area (Å²) in [7, 11) is -12.4. The number of hydrogen-bond acceptors (Lipinski definition) is 40. The van der Waals surface area contributed by atoms with Gasteiger partial charge in [-0.05, 0) is 169 Å². The molecule has 3 saturated heterocycles. The number of rotatable bonds is 37. The van der Waals surface area contributed by atoms with Crippen molar-refractivity contribution in [2.24, 2.45) is 32.5 Å². The first-order chi connectivity index (χ1) is 60.2. The number of nitrogens with two attached hydrogens (primary N) is 1. The number of nitrogens with zero attached hydrogens (tertiary/aromatic N) is 8. The van der Waals surface area contributed by atoms with E-state index in [4.69, 9.17) is 104 Å². The molecule has 3 aliphatic rings. The highest BCUT2D eigenvalue weighted by molar-refractivity contribution is 7.48. The minimum absolute atomic E-state index is 0. The Morgan fingerprint density at radius 1 is 0.492 bits per heavy atom. The van der Waals surface area contributed by atoms with Gasteiger partial charge in [0.15, 0.2) is 37.2 Å². The fraction of sp³-hybridized carbons (Fsp3) is 0.772. The summed E-state index contributed by atoms with van der Waals surface area (Å²) in [6.07, 6.45) is -13.2. The van der Waals surface area contributed by atoms with E-state index < -0.39 is 253 Å². The summed E-state index contributed by atoms with van der Waals surface area (Å²) in [6, 6.07) is 4.00. The number of anilines is 3. The molecule has 53 heteroatoms. The average Bonchev–Trinajstić information content (AvgIpc) is 1.62.